The predicted octanol–water partition coefficient (Wildman–Crippen LogP) is 0.0117. The first-order valence-corrected chi connectivity index (χ1v) is 6.68. The van der Waals surface area contributed by atoms with Gasteiger partial charge in [-0.2, -0.15) is 0 Å². The molecule has 1 saturated heterocycles. The lowest BCUT2D eigenvalue weighted by atomic mass is 9.98. The highest BCUT2D eigenvalue weighted by molar-refractivity contribution is 6.08. The van der Waals surface area contributed by atoms with E-state index in [1.165, 1.54) is 4.90 Å². The molecule has 114 valence electrons. The maximum absolute atomic E-state index is 12.7. The van der Waals surface area contributed by atoms with Crippen molar-refractivity contribution in [1.29, 1.82) is 0 Å². The van der Waals surface area contributed by atoms with Gasteiger partial charge in [-0.05, 0) is 26.0 Å². The average Bonchev–Trinajstić information content (AvgIpc) is 2.88. The molecule has 0 spiro atoms. The molecule has 1 aromatic rings. The molecule has 1 fully saturated rings. The van der Waals surface area contributed by atoms with E-state index in [-0.39, 0.29) is 12.5 Å². The first-order valence-electron chi connectivity index (χ1n) is 6.68. The summed E-state index contributed by atoms with van der Waals surface area (Å²) in [5.74, 6) is -1.28. The maximum atomic E-state index is 12.7. The first kappa shape index (κ1) is 15.2. The van der Waals surface area contributed by atoms with Gasteiger partial charge in [0.2, 0.25) is 5.91 Å². The molecule has 0 radical (unpaired) electrons. The summed E-state index contributed by atoms with van der Waals surface area (Å²) in [6.45, 7) is 4.11. The Kier molecular flexibility index (Phi) is 4.13. The molecule has 1 N–H and O–H groups in total. The van der Waals surface area contributed by atoms with E-state index in [4.69, 9.17) is 4.74 Å². The molecule has 0 aliphatic carbocycles. The fourth-order valence-corrected chi connectivity index (χ4v) is 2.24. The second-order valence-corrected chi connectivity index (χ2v) is 5.41. The zero-order chi connectivity index (χ0) is 15.6. The Hall–Kier alpha value is -2.15. The van der Waals surface area contributed by atoms with E-state index < -0.39 is 17.4 Å². The number of methoxy groups -OCH3 is 1. The number of amides is 3. The van der Waals surface area contributed by atoms with Crippen molar-refractivity contribution in [3.8, 4) is 0 Å². The third-order valence-corrected chi connectivity index (χ3v) is 3.62. The van der Waals surface area contributed by atoms with Gasteiger partial charge in [-0.25, -0.2) is 0 Å². The summed E-state index contributed by atoms with van der Waals surface area (Å²) >= 11 is 0. The lowest BCUT2D eigenvalue weighted by Crippen LogP contribution is -2.65. The van der Waals surface area contributed by atoms with Gasteiger partial charge in [0.1, 0.15) is 17.8 Å². The molecular weight excluding hydrogens is 274 g/mol. The van der Waals surface area contributed by atoms with Crippen LogP contribution in [0.4, 0.5) is 0 Å². The Morgan fingerprint density at radius 1 is 1.43 bits per heavy atom. The summed E-state index contributed by atoms with van der Waals surface area (Å²) in [5.41, 5.74) is -0.635. The Morgan fingerprint density at radius 2 is 2.14 bits per heavy atom. The number of nitrogens with zero attached hydrogens (tertiary/aromatic N) is 2. The van der Waals surface area contributed by atoms with Gasteiger partial charge in [-0.3, -0.25) is 19.7 Å². The van der Waals surface area contributed by atoms with E-state index in [2.05, 4.69) is 5.32 Å². The highest BCUT2D eigenvalue weighted by atomic mass is 16.5. The van der Waals surface area contributed by atoms with Crippen LogP contribution in [0.25, 0.3) is 0 Å². The van der Waals surface area contributed by atoms with Crippen LogP contribution in [0.2, 0.25) is 0 Å². The maximum Gasteiger partial charge on any atom is 0.271 e. The minimum atomic E-state index is -1.07. The molecule has 0 unspecified atom stereocenters. The van der Waals surface area contributed by atoms with Crippen LogP contribution in [-0.2, 0) is 20.9 Å². The quantitative estimate of drug-likeness (QED) is 0.793. The highest BCUT2D eigenvalue weighted by Crippen LogP contribution is 2.21. The standard InChI is InChI=1S/C14H19N3O4/c1-14(2)13(20)15-11(18)9-17(14)12(19)10-5-4-6-16(10)7-8-21-3/h4-6H,7-9H2,1-3H3,(H,15,18,20). The van der Waals surface area contributed by atoms with Crippen LogP contribution in [0.15, 0.2) is 18.3 Å². The van der Waals surface area contributed by atoms with Crippen molar-refractivity contribution < 1.29 is 19.1 Å². The van der Waals surface area contributed by atoms with Crippen LogP contribution in [0.3, 0.4) is 0 Å². The molecule has 21 heavy (non-hydrogen) atoms. The van der Waals surface area contributed by atoms with Crippen molar-refractivity contribution in [2.45, 2.75) is 25.9 Å². The van der Waals surface area contributed by atoms with Crippen LogP contribution in [0, 0.1) is 0 Å². The first-order chi connectivity index (χ1) is 9.87. The number of nitrogens with one attached hydrogen (secondary N) is 1. The Balaban J connectivity index is 2.28. The van der Waals surface area contributed by atoms with Crippen molar-refractivity contribution in [2.24, 2.45) is 0 Å². The molecule has 3 amide bonds. The SMILES string of the molecule is COCCn1cccc1C(=O)N1CC(=O)NC(=O)C1(C)C. The fraction of sp³-hybridized carbons (Fsp3) is 0.500. The number of ether oxygens (including phenoxy) is 1. The van der Waals surface area contributed by atoms with Gasteiger partial charge in [0, 0.05) is 19.9 Å². The Labute approximate surface area is 122 Å². The second-order valence-electron chi connectivity index (χ2n) is 5.41. The van der Waals surface area contributed by atoms with Gasteiger partial charge in [0.05, 0.1) is 6.61 Å². The van der Waals surface area contributed by atoms with E-state index in [1.807, 2.05) is 0 Å². The Morgan fingerprint density at radius 3 is 2.81 bits per heavy atom. The minimum Gasteiger partial charge on any atom is -0.383 e. The minimum absolute atomic E-state index is 0.132. The summed E-state index contributed by atoms with van der Waals surface area (Å²) in [4.78, 5) is 37.4. The summed E-state index contributed by atoms with van der Waals surface area (Å²) in [7, 11) is 1.59. The third-order valence-electron chi connectivity index (χ3n) is 3.62. The van der Waals surface area contributed by atoms with Crippen LogP contribution in [0.5, 0.6) is 0 Å². The summed E-state index contributed by atoms with van der Waals surface area (Å²) < 4.78 is 6.76. The van der Waals surface area contributed by atoms with E-state index >= 15 is 0 Å². The van der Waals surface area contributed by atoms with Crippen molar-refractivity contribution in [3.63, 3.8) is 0 Å². The smallest absolute Gasteiger partial charge is 0.271 e. The monoisotopic (exact) mass is 293 g/mol. The molecule has 1 aromatic heterocycles. The molecule has 0 atom stereocenters. The molecular formula is C14H19N3O4. The number of carbonyl (C=O) groups excluding carboxylic acids is 3. The van der Waals surface area contributed by atoms with E-state index in [9.17, 15) is 14.4 Å². The normalized spacial score (nSPS) is 17.8. The van der Waals surface area contributed by atoms with E-state index in [1.54, 1.807) is 43.9 Å². The van der Waals surface area contributed by atoms with Crippen LogP contribution >= 0.6 is 0 Å². The highest BCUT2D eigenvalue weighted by Gasteiger charge is 2.44. The number of hydrogen-bond donors (Lipinski definition) is 1. The fourth-order valence-electron chi connectivity index (χ4n) is 2.24. The van der Waals surface area contributed by atoms with Crippen molar-refractivity contribution >= 4 is 17.7 Å². The zero-order valence-corrected chi connectivity index (χ0v) is 12.4. The van der Waals surface area contributed by atoms with E-state index in [0.29, 0.717) is 18.8 Å². The second kappa shape index (κ2) is 5.69. The molecule has 0 aromatic carbocycles. The van der Waals surface area contributed by atoms with Crippen molar-refractivity contribution in [3.05, 3.63) is 24.0 Å². The molecule has 0 saturated carbocycles. The van der Waals surface area contributed by atoms with Gasteiger partial charge in [0.15, 0.2) is 0 Å². The number of imide groups is 1. The number of aromatic nitrogens is 1. The third kappa shape index (κ3) is 2.82. The summed E-state index contributed by atoms with van der Waals surface area (Å²) in [5, 5.41) is 2.25. The van der Waals surface area contributed by atoms with Crippen LogP contribution < -0.4 is 5.32 Å². The molecule has 7 nitrogen and oxygen atoms in total. The largest absolute Gasteiger partial charge is 0.383 e. The number of piperazine rings is 1. The van der Waals surface area contributed by atoms with Crippen LogP contribution in [0.1, 0.15) is 24.3 Å². The molecule has 7 heteroatoms. The van der Waals surface area contributed by atoms with Gasteiger partial charge in [-0.15, -0.1) is 0 Å². The van der Waals surface area contributed by atoms with Crippen LogP contribution in [-0.4, -0.2) is 53.0 Å². The number of hydrogen-bond acceptors (Lipinski definition) is 4. The van der Waals surface area contributed by atoms with Gasteiger partial charge in [0.25, 0.3) is 11.8 Å². The molecule has 0 bridgehead atoms. The molecule has 1 aliphatic rings. The number of carbonyl (C=O) groups is 3. The Bertz CT molecular complexity index is 577. The lowest BCUT2D eigenvalue weighted by Gasteiger charge is -2.40. The summed E-state index contributed by atoms with van der Waals surface area (Å²) in [6, 6.07) is 3.42. The summed E-state index contributed by atoms with van der Waals surface area (Å²) in [6.07, 6.45) is 1.77. The molecule has 1 aliphatic heterocycles. The average molecular weight is 293 g/mol. The van der Waals surface area contributed by atoms with Gasteiger partial charge in [-0.1, -0.05) is 0 Å². The topological polar surface area (TPSA) is 80.6 Å². The van der Waals surface area contributed by atoms with Gasteiger partial charge < -0.3 is 14.2 Å². The van der Waals surface area contributed by atoms with Crippen molar-refractivity contribution in [1.82, 2.24) is 14.8 Å². The molecule has 2 rings (SSSR count). The molecule has 2 heterocycles. The zero-order valence-electron chi connectivity index (χ0n) is 12.4. The number of rotatable bonds is 4. The lowest BCUT2D eigenvalue weighted by molar-refractivity contribution is -0.143. The van der Waals surface area contributed by atoms with Crippen molar-refractivity contribution in [2.75, 3.05) is 20.3 Å². The predicted molar refractivity (Wildman–Crippen MR) is 74.6 cm³/mol. The van der Waals surface area contributed by atoms with Gasteiger partial charge >= 0.3 is 0 Å². The van der Waals surface area contributed by atoms with E-state index in [0.717, 1.165) is 0 Å².